The second-order valence-corrected chi connectivity index (χ2v) is 7.64. The molecule has 0 atom stereocenters. The number of hydrogen-bond acceptors (Lipinski definition) is 6. The highest BCUT2D eigenvalue weighted by molar-refractivity contribution is 7.90. The average Bonchev–Trinajstić information content (AvgIpc) is 3.00. The highest BCUT2D eigenvalue weighted by atomic mass is 32.2. The maximum atomic E-state index is 12.2. The molecule has 0 saturated carbocycles. The van der Waals surface area contributed by atoms with Gasteiger partial charge in [0.15, 0.2) is 5.84 Å². The van der Waals surface area contributed by atoms with Crippen molar-refractivity contribution >= 4 is 27.5 Å². The van der Waals surface area contributed by atoms with E-state index in [0.717, 1.165) is 0 Å². The number of esters is 1. The summed E-state index contributed by atoms with van der Waals surface area (Å²) in [4.78, 5) is 17.9. The number of hydrogen-bond donors (Lipinski definition) is 0. The van der Waals surface area contributed by atoms with Crippen molar-refractivity contribution in [2.45, 2.75) is 4.90 Å². The van der Waals surface area contributed by atoms with E-state index in [-0.39, 0.29) is 4.90 Å². The van der Waals surface area contributed by atoms with Crippen LogP contribution < -0.4 is 9.64 Å². The minimum absolute atomic E-state index is 0.193. The van der Waals surface area contributed by atoms with Gasteiger partial charge >= 0.3 is 5.97 Å². The Balaban J connectivity index is 1.56. The maximum absolute atomic E-state index is 12.2. The molecule has 8 heteroatoms. The van der Waals surface area contributed by atoms with Gasteiger partial charge in [0.05, 0.1) is 5.56 Å². The van der Waals surface area contributed by atoms with E-state index in [9.17, 15) is 13.2 Å². The molecule has 0 bridgehead atoms. The maximum Gasteiger partial charge on any atom is 0.345 e. The van der Waals surface area contributed by atoms with E-state index in [1.807, 2.05) is 0 Å². The van der Waals surface area contributed by atoms with Crippen molar-refractivity contribution in [1.82, 2.24) is 4.98 Å². The molecule has 2 heterocycles. The summed E-state index contributed by atoms with van der Waals surface area (Å²) in [6, 6.07) is 16.7. The Bertz CT molecular complexity index is 1170. The largest absolute Gasteiger partial charge is 0.423 e. The van der Waals surface area contributed by atoms with Crippen LogP contribution in [0, 0.1) is 0 Å². The highest BCUT2D eigenvalue weighted by Gasteiger charge is 2.30. The first-order valence-electron chi connectivity index (χ1n) is 8.36. The molecule has 28 heavy (non-hydrogen) atoms. The third-order valence-corrected chi connectivity index (χ3v) is 5.59. The number of rotatable bonds is 3. The van der Waals surface area contributed by atoms with Gasteiger partial charge in [-0.3, -0.25) is 4.98 Å². The molecule has 0 N–H and O–H groups in total. The average molecular weight is 393 g/mol. The smallest absolute Gasteiger partial charge is 0.345 e. The molecule has 3 aromatic rings. The van der Waals surface area contributed by atoms with Crippen LogP contribution >= 0.6 is 0 Å². The number of carbonyl (C=O) groups is 1. The summed E-state index contributed by atoms with van der Waals surface area (Å²) >= 11 is 0. The first kappa shape index (κ1) is 17.9. The fraction of sp³-hybridized carbons (Fsp3) is 0.0500. The first-order valence-corrected chi connectivity index (χ1v) is 9.80. The van der Waals surface area contributed by atoms with Gasteiger partial charge < -0.3 is 9.64 Å². The zero-order valence-electron chi connectivity index (χ0n) is 14.8. The molecule has 0 unspecified atom stereocenters. The van der Waals surface area contributed by atoms with Crippen molar-refractivity contribution < 1.29 is 17.9 Å². The molecule has 140 valence electrons. The molecular weight excluding hydrogens is 378 g/mol. The van der Waals surface area contributed by atoms with Crippen molar-refractivity contribution in [3.8, 4) is 5.75 Å². The molecule has 0 radical (unpaired) electrons. The summed E-state index contributed by atoms with van der Waals surface area (Å²) in [5.74, 6) is 0.206. The van der Waals surface area contributed by atoms with Gasteiger partial charge in [0.1, 0.15) is 10.6 Å². The number of ether oxygens (including phenoxy) is 1. The van der Waals surface area contributed by atoms with E-state index in [1.54, 1.807) is 72.7 Å². The number of benzene rings is 2. The Morgan fingerprint density at radius 1 is 1.00 bits per heavy atom. The summed E-state index contributed by atoms with van der Waals surface area (Å²) in [5.41, 5.74) is 1.61. The predicted molar refractivity (Wildman–Crippen MR) is 104 cm³/mol. The van der Waals surface area contributed by atoms with Crippen LogP contribution in [0.5, 0.6) is 5.75 Å². The van der Waals surface area contributed by atoms with E-state index in [1.165, 1.54) is 12.3 Å². The Labute approximate surface area is 162 Å². The predicted octanol–water partition coefficient (Wildman–Crippen LogP) is 2.89. The van der Waals surface area contributed by atoms with Gasteiger partial charge in [0.25, 0.3) is 10.0 Å². The fourth-order valence-electron chi connectivity index (χ4n) is 2.84. The van der Waals surface area contributed by atoms with E-state index in [4.69, 9.17) is 4.74 Å². The topological polar surface area (TPSA) is 88.9 Å². The van der Waals surface area contributed by atoms with E-state index in [2.05, 4.69) is 9.38 Å². The summed E-state index contributed by atoms with van der Waals surface area (Å²) in [5, 5.41) is 0. The normalized spacial score (nSPS) is 14.1. The number of pyridine rings is 1. The summed E-state index contributed by atoms with van der Waals surface area (Å²) in [7, 11) is -1.96. The number of sulfonamides is 1. The van der Waals surface area contributed by atoms with Crippen molar-refractivity contribution in [2.24, 2.45) is 4.40 Å². The Morgan fingerprint density at radius 2 is 1.75 bits per heavy atom. The van der Waals surface area contributed by atoms with Crippen LogP contribution in [0.25, 0.3) is 0 Å². The molecule has 7 nitrogen and oxygen atoms in total. The van der Waals surface area contributed by atoms with Crippen molar-refractivity contribution in [1.29, 1.82) is 0 Å². The lowest BCUT2D eigenvalue weighted by Crippen LogP contribution is -2.25. The van der Waals surface area contributed by atoms with Gasteiger partial charge in [-0.25, -0.2) is 4.79 Å². The first-order chi connectivity index (χ1) is 13.5. The fourth-order valence-corrected chi connectivity index (χ4v) is 4.07. The number of anilines is 1. The van der Waals surface area contributed by atoms with Gasteiger partial charge in [-0.05, 0) is 48.5 Å². The quantitative estimate of drug-likeness (QED) is 0.502. The molecular formula is C20H15N3O4S. The van der Waals surface area contributed by atoms with Crippen molar-refractivity contribution in [3.05, 3.63) is 84.2 Å². The van der Waals surface area contributed by atoms with Crippen LogP contribution in [0.1, 0.15) is 15.9 Å². The second kappa shape index (κ2) is 6.90. The summed E-state index contributed by atoms with van der Waals surface area (Å²) in [6.45, 7) is 0. The van der Waals surface area contributed by atoms with Crippen LogP contribution in [0.3, 0.4) is 0 Å². The van der Waals surface area contributed by atoms with Crippen molar-refractivity contribution in [2.75, 3.05) is 11.9 Å². The Kier molecular flexibility index (Phi) is 4.40. The van der Waals surface area contributed by atoms with E-state index >= 15 is 0 Å². The SMILES string of the molecule is CN(C1=NS(=O)(=O)c2ccccc21)c1ccc(OC(=O)c2cccnc2)cc1. The minimum Gasteiger partial charge on any atom is -0.423 e. The van der Waals surface area contributed by atoms with Crippen LogP contribution in [-0.2, 0) is 10.0 Å². The number of aromatic nitrogens is 1. The van der Waals surface area contributed by atoms with Gasteiger partial charge in [-0.2, -0.15) is 8.42 Å². The van der Waals surface area contributed by atoms with E-state index < -0.39 is 16.0 Å². The number of fused-ring (bicyclic) bond motifs is 1. The van der Waals surface area contributed by atoms with Gasteiger partial charge in [0, 0.05) is 30.7 Å². The molecule has 1 aliphatic rings. The van der Waals surface area contributed by atoms with Crippen molar-refractivity contribution in [3.63, 3.8) is 0 Å². The zero-order chi connectivity index (χ0) is 19.7. The summed E-state index contributed by atoms with van der Waals surface area (Å²) < 4.78 is 33.7. The van der Waals surface area contributed by atoms with Crippen LogP contribution in [0.2, 0.25) is 0 Å². The Morgan fingerprint density at radius 3 is 2.46 bits per heavy atom. The third kappa shape index (κ3) is 3.25. The number of amidine groups is 1. The lowest BCUT2D eigenvalue weighted by atomic mass is 10.2. The molecule has 0 spiro atoms. The molecule has 0 aliphatic carbocycles. The molecule has 2 aromatic carbocycles. The standard InChI is InChI=1S/C20H15N3O4S/c1-23(19-17-6-2-3-7-18(17)28(25,26)22-19)15-8-10-16(11-9-15)27-20(24)14-5-4-12-21-13-14/h2-13H,1H3. The summed E-state index contributed by atoms with van der Waals surface area (Å²) in [6.07, 6.45) is 3.01. The van der Waals surface area contributed by atoms with Gasteiger partial charge in [-0.15, -0.1) is 4.40 Å². The third-order valence-electron chi connectivity index (χ3n) is 4.26. The highest BCUT2D eigenvalue weighted by Crippen LogP contribution is 2.29. The second-order valence-electron chi connectivity index (χ2n) is 6.07. The minimum atomic E-state index is -3.69. The number of nitrogens with zero attached hydrogens (tertiary/aromatic N) is 3. The lowest BCUT2D eigenvalue weighted by Gasteiger charge is -2.19. The number of carbonyl (C=O) groups excluding carboxylic acids is 1. The zero-order valence-corrected chi connectivity index (χ0v) is 15.6. The molecule has 4 rings (SSSR count). The van der Waals surface area contributed by atoms with E-state index in [0.29, 0.717) is 28.4 Å². The monoisotopic (exact) mass is 393 g/mol. The molecule has 0 fully saturated rings. The van der Waals surface area contributed by atoms with Crippen LogP contribution in [0.15, 0.2) is 82.4 Å². The lowest BCUT2D eigenvalue weighted by molar-refractivity contribution is 0.0734. The van der Waals surface area contributed by atoms with Crippen LogP contribution in [0.4, 0.5) is 5.69 Å². The van der Waals surface area contributed by atoms with Crippen LogP contribution in [-0.4, -0.2) is 32.3 Å². The van der Waals surface area contributed by atoms with Gasteiger partial charge in [-0.1, -0.05) is 12.1 Å². The Hall–Kier alpha value is -3.52. The molecule has 1 aromatic heterocycles. The van der Waals surface area contributed by atoms with Gasteiger partial charge in [0.2, 0.25) is 0 Å². The molecule has 0 amide bonds. The molecule has 0 saturated heterocycles. The molecule has 1 aliphatic heterocycles.